The second kappa shape index (κ2) is 17.6. The van der Waals surface area contributed by atoms with E-state index in [1.165, 1.54) is 0 Å². The number of hydrogen-bond donors (Lipinski definition) is 0. The molecule has 0 aromatic rings. The van der Waals surface area contributed by atoms with Gasteiger partial charge in [-0.3, -0.25) is 4.57 Å². The van der Waals surface area contributed by atoms with Gasteiger partial charge in [-0.05, 0) is 33.7 Å². The Labute approximate surface area is 105 Å². The van der Waals surface area contributed by atoms with Crippen LogP contribution in [0.5, 0.6) is 0 Å². The maximum Gasteiger partial charge on any atom is 0.339 e. The molecule has 0 aliphatic heterocycles. The molecule has 1 nitrogen and oxygen atoms in total. The van der Waals surface area contributed by atoms with Crippen molar-refractivity contribution < 1.29 is 4.57 Å². The van der Waals surface area contributed by atoms with Crippen LogP contribution >= 0.6 is 101 Å². The molecule has 0 saturated heterocycles. The summed E-state index contributed by atoms with van der Waals surface area (Å²) >= 11 is 13.8. The van der Waals surface area contributed by atoms with Crippen LogP contribution in [0.4, 0.5) is 0 Å². The first-order valence-electron chi connectivity index (χ1n) is 0.690. The Hall–Kier alpha value is 2.55. The summed E-state index contributed by atoms with van der Waals surface area (Å²) in [6.45, 7) is 0. The van der Waals surface area contributed by atoms with Crippen LogP contribution in [-0.2, 0) is 4.57 Å². The van der Waals surface area contributed by atoms with Gasteiger partial charge in [0.1, 0.15) is 0 Å². The summed E-state index contributed by atoms with van der Waals surface area (Å²) in [4.78, 5) is 0. The van der Waals surface area contributed by atoms with Crippen molar-refractivity contribution in [1.29, 1.82) is 0 Å². The zero-order valence-electron chi connectivity index (χ0n) is 4.03. The summed E-state index contributed by atoms with van der Waals surface area (Å²) in [5.41, 5.74) is 0. The van der Waals surface area contributed by atoms with E-state index >= 15 is 0 Å². The first-order chi connectivity index (χ1) is 2.00. The fraction of sp³-hybridized carbons (Fsp3) is 0. The van der Waals surface area contributed by atoms with Crippen molar-refractivity contribution in [3.05, 3.63) is 0 Å². The van der Waals surface area contributed by atoms with Crippen molar-refractivity contribution in [3.8, 4) is 0 Å². The summed E-state index contributed by atoms with van der Waals surface area (Å²) in [6.07, 6.45) is 0. The van der Waals surface area contributed by atoms with Crippen molar-refractivity contribution in [2.75, 3.05) is 0 Å². The second-order valence-electron chi connectivity index (χ2n) is 0.399. The molecule has 0 fully saturated rings. The fourth-order valence-corrected chi connectivity index (χ4v) is 0. The van der Waals surface area contributed by atoms with Gasteiger partial charge in [-0.15, -0.1) is 62.0 Å². The van der Waals surface area contributed by atoms with Gasteiger partial charge in [0.25, 0.3) is 0 Å². The molecule has 0 saturated carbocycles. The highest BCUT2D eigenvalue weighted by Gasteiger charge is 2.02. The highest BCUT2D eigenvalue weighted by molar-refractivity contribution is 8.24. The van der Waals surface area contributed by atoms with Crippen molar-refractivity contribution in [3.63, 3.8) is 0 Å². The quantitative estimate of drug-likeness (QED) is 0.574. The average Bonchev–Trinajstić information content (AvgIpc) is 0.722. The van der Waals surface area contributed by atoms with E-state index in [2.05, 4.69) is 33.7 Å². The molecule has 72 valence electrons. The zero-order chi connectivity index (χ0) is 4.50. The number of hydrogen-bond acceptors (Lipinski definition) is 1. The lowest BCUT2D eigenvalue weighted by molar-refractivity contribution is 0.600. The lowest BCUT2D eigenvalue weighted by atomic mass is 16.0. The molecule has 10 heteroatoms. The van der Waals surface area contributed by atoms with Crippen LogP contribution in [0.2, 0.25) is 0 Å². The standard InChI is InChI=1S/Cl3OP.5ClH/c1-5(2,3)4;;;;;/h;5*1H. The van der Waals surface area contributed by atoms with Crippen LogP contribution in [0.3, 0.4) is 0 Å². The summed E-state index contributed by atoms with van der Waals surface area (Å²) in [5.74, 6) is 0. The number of rotatable bonds is 0. The van der Waals surface area contributed by atoms with Crippen LogP contribution in [0.25, 0.3) is 0 Å². The fourth-order valence-electron chi connectivity index (χ4n) is 0. The summed E-state index contributed by atoms with van der Waals surface area (Å²) in [5, 5.41) is -3.22. The zero-order valence-corrected chi connectivity index (χ0v) is 11.3. The molecule has 0 aromatic heterocycles. The van der Waals surface area contributed by atoms with E-state index in [4.69, 9.17) is 0 Å². The molecule has 10 heavy (non-hydrogen) atoms. The minimum absolute atomic E-state index is 0. The van der Waals surface area contributed by atoms with Crippen LogP contribution in [0.15, 0.2) is 0 Å². The first kappa shape index (κ1) is 39.0. The van der Waals surface area contributed by atoms with E-state index in [-0.39, 0.29) is 62.0 Å². The van der Waals surface area contributed by atoms with Crippen molar-refractivity contribution in [2.24, 2.45) is 0 Å². The number of halogens is 8. The Morgan fingerprint density at radius 3 is 0.700 bits per heavy atom. The average molecular weight is 336 g/mol. The predicted octanol–water partition coefficient (Wildman–Crippen LogP) is 4.92. The van der Waals surface area contributed by atoms with Crippen LogP contribution in [0.1, 0.15) is 0 Å². The van der Waals surface area contributed by atoms with Gasteiger partial charge in [0.05, 0.1) is 0 Å². The van der Waals surface area contributed by atoms with E-state index in [0.717, 1.165) is 0 Å². The third kappa shape index (κ3) is 148. The molecule has 0 unspecified atom stereocenters. The van der Waals surface area contributed by atoms with Gasteiger partial charge in [0.15, 0.2) is 0 Å². The molecule has 0 heterocycles. The molecule has 0 rings (SSSR count). The van der Waals surface area contributed by atoms with Gasteiger partial charge in [-0.1, -0.05) is 0 Å². The molecule has 0 atom stereocenters. The van der Waals surface area contributed by atoms with E-state index < -0.39 is 5.20 Å². The monoisotopic (exact) mass is 332 g/mol. The maximum absolute atomic E-state index is 9.51. The molecule has 0 aliphatic carbocycles. The summed E-state index contributed by atoms with van der Waals surface area (Å²) in [7, 11) is 0. The summed E-state index contributed by atoms with van der Waals surface area (Å²) in [6, 6.07) is 0. The Kier molecular flexibility index (Phi) is 68.6. The highest BCUT2D eigenvalue weighted by atomic mass is 36.0. The highest BCUT2D eigenvalue weighted by Crippen LogP contribution is 2.61. The molecular weight excluding hydrogens is 331 g/mol. The minimum Gasteiger partial charge on any atom is -0.271 e. The molecule has 0 aliphatic rings. The lowest BCUT2D eigenvalue weighted by Gasteiger charge is -1.74. The van der Waals surface area contributed by atoms with Crippen molar-refractivity contribution in [1.82, 2.24) is 0 Å². The van der Waals surface area contributed by atoms with Crippen molar-refractivity contribution >= 4 is 101 Å². The molecule has 0 bridgehead atoms. The smallest absolute Gasteiger partial charge is 0.271 e. The third-order valence-electron chi connectivity index (χ3n) is 0. The second-order valence-corrected chi connectivity index (χ2v) is 7.04. The van der Waals surface area contributed by atoms with Gasteiger partial charge in [0, 0.05) is 0 Å². The minimum atomic E-state index is -3.22. The summed E-state index contributed by atoms with van der Waals surface area (Å²) < 4.78 is 9.51. The van der Waals surface area contributed by atoms with E-state index in [1.807, 2.05) is 0 Å². The topological polar surface area (TPSA) is 17.1 Å². The van der Waals surface area contributed by atoms with Gasteiger partial charge in [-0.25, -0.2) is 0 Å². The predicted molar refractivity (Wildman–Crippen MR) is 61.4 cm³/mol. The Balaban J connectivity index is -0.00000000800. The molecule has 0 radical (unpaired) electrons. The largest absolute Gasteiger partial charge is 0.339 e. The SMILES string of the molecule is Cl.Cl.Cl.Cl.Cl.O=P(Cl)(Cl)Cl. The van der Waals surface area contributed by atoms with Crippen molar-refractivity contribution in [2.45, 2.75) is 0 Å². The van der Waals surface area contributed by atoms with Crippen LogP contribution < -0.4 is 0 Å². The van der Waals surface area contributed by atoms with Gasteiger partial charge >= 0.3 is 5.20 Å². The third-order valence-corrected chi connectivity index (χ3v) is 0. The van der Waals surface area contributed by atoms with Crippen LogP contribution in [-0.4, -0.2) is 0 Å². The lowest BCUT2D eigenvalue weighted by Crippen LogP contribution is -1.19. The van der Waals surface area contributed by atoms with Crippen LogP contribution in [0, 0.1) is 0 Å². The van der Waals surface area contributed by atoms with Gasteiger partial charge < -0.3 is 0 Å². The molecular formula is H5Cl8OP. The van der Waals surface area contributed by atoms with Gasteiger partial charge in [0.2, 0.25) is 0 Å². The molecule has 0 N–H and O–H groups in total. The normalized spacial score (nSPS) is 5.90. The maximum atomic E-state index is 9.51. The molecule has 0 spiro atoms. The Bertz CT molecular complexity index is 55.4. The van der Waals surface area contributed by atoms with E-state index in [9.17, 15) is 4.57 Å². The Morgan fingerprint density at radius 1 is 0.700 bits per heavy atom. The molecule has 0 amide bonds. The first-order valence-corrected chi connectivity index (χ1v) is 5.11. The molecule has 0 aromatic carbocycles. The van der Waals surface area contributed by atoms with Gasteiger partial charge in [-0.2, -0.15) is 0 Å². The Morgan fingerprint density at radius 2 is 0.700 bits per heavy atom. The van der Waals surface area contributed by atoms with E-state index in [1.54, 1.807) is 0 Å². The van der Waals surface area contributed by atoms with E-state index in [0.29, 0.717) is 0 Å².